The average Bonchev–Trinajstić information content (AvgIpc) is 2.28. The Labute approximate surface area is 98.8 Å². The highest BCUT2D eigenvalue weighted by atomic mass is 31.1. The summed E-state index contributed by atoms with van der Waals surface area (Å²) >= 11 is 0. The molecule has 0 aliphatic heterocycles. The number of nitro groups is 1. The topological polar surface area (TPSA) is 89.7 Å². The summed E-state index contributed by atoms with van der Waals surface area (Å²) in [5, 5.41) is 19.8. The largest absolute Gasteiger partial charge is 0.490 e. The fraction of sp³-hybridized carbons (Fsp3) is 0.200. The maximum Gasteiger partial charge on any atom is 0.336 e. The maximum absolute atomic E-state index is 11.0. The Kier molecular flexibility index (Phi) is 4.17. The predicted octanol–water partition coefficient (Wildman–Crippen LogP) is 2.18. The molecule has 0 saturated heterocycles. The molecule has 17 heavy (non-hydrogen) atoms. The molecule has 1 aromatic carbocycles. The van der Waals surface area contributed by atoms with Crippen molar-refractivity contribution in [3.63, 3.8) is 0 Å². The van der Waals surface area contributed by atoms with Gasteiger partial charge in [0, 0.05) is 17.8 Å². The van der Waals surface area contributed by atoms with E-state index in [1.807, 2.05) is 0 Å². The van der Waals surface area contributed by atoms with Gasteiger partial charge in [-0.1, -0.05) is 6.30 Å². The molecule has 0 bridgehead atoms. The van der Waals surface area contributed by atoms with Crippen molar-refractivity contribution in [2.75, 3.05) is 7.11 Å². The van der Waals surface area contributed by atoms with Gasteiger partial charge in [-0.05, 0) is 6.07 Å². The molecule has 0 amide bonds. The van der Waals surface area contributed by atoms with Crippen molar-refractivity contribution >= 4 is 26.2 Å². The molecule has 0 aliphatic carbocycles. The van der Waals surface area contributed by atoms with E-state index >= 15 is 0 Å². The van der Waals surface area contributed by atoms with E-state index in [1.165, 1.54) is 13.2 Å². The number of ether oxygens (including phenoxy) is 1. The lowest BCUT2D eigenvalue weighted by atomic mass is 10.1. The highest BCUT2D eigenvalue weighted by molar-refractivity contribution is 7.35. The van der Waals surface area contributed by atoms with Crippen molar-refractivity contribution in [2.24, 2.45) is 0 Å². The van der Waals surface area contributed by atoms with Gasteiger partial charge in [0.25, 0.3) is 0 Å². The van der Waals surface area contributed by atoms with Gasteiger partial charge in [-0.25, -0.2) is 4.79 Å². The molecule has 0 saturated carbocycles. The lowest BCUT2D eigenvalue weighted by molar-refractivity contribution is -0.385. The van der Waals surface area contributed by atoms with Crippen LogP contribution in [0.2, 0.25) is 0 Å². The quantitative estimate of drug-likeness (QED) is 0.494. The molecular formula is C10H10NO5P. The molecule has 0 radical (unpaired) electrons. The minimum absolute atomic E-state index is 0.00333. The smallest absolute Gasteiger partial charge is 0.336 e. The maximum atomic E-state index is 11.0. The molecule has 1 rings (SSSR count). The summed E-state index contributed by atoms with van der Waals surface area (Å²) in [6.07, 6.45) is 3.87. The van der Waals surface area contributed by atoms with Gasteiger partial charge in [-0.3, -0.25) is 10.1 Å². The number of carbonyl (C=O) groups is 1. The Morgan fingerprint density at radius 1 is 1.65 bits per heavy atom. The molecule has 1 aromatic rings. The van der Waals surface area contributed by atoms with Gasteiger partial charge in [0.05, 0.1) is 17.6 Å². The highest BCUT2D eigenvalue weighted by Gasteiger charge is 2.23. The second-order valence-electron chi connectivity index (χ2n) is 3.09. The second-order valence-corrected chi connectivity index (χ2v) is 3.85. The summed E-state index contributed by atoms with van der Waals surface area (Å²) in [6, 6.07) is 2.34. The standard InChI is InChI=1S/C10H10NO5P/c1-16-9-7(5-17-2)6(10(12)13)3-4-8(9)11(14)15/h3-4H,2,5H2,1H3,(H,12,13). The first-order valence-corrected chi connectivity index (χ1v) is 5.79. The van der Waals surface area contributed by atoms with Crippen LogP contribution in [-0.2, 0) is 6.16 Å². The second kappa shape index (κ2) is 5.41. The van der Waals surface area contributed by atoms with Crippen molar-refractivity contribution in [1.29, 1.82) is 0 Å². The lowest BCUT2D eigenvalue weighted by Crippen LogP contribution is -2.05. The third kappa shape index (κ3) is 2.60. The molecule has 90 valence electrons. The number of nitrogens with zero attached hydrogens (tertiary/aromatic N) is 1. The van der Waals surface area contributed by atoms with Gasteiger partial charge >= 0.3 is 11.7 Å². The van der Waals surface area contributed by atoms with Gasteiger partial charge in [0.2, 0.25) is 5.75 Å². The van der Waals surface area contributed by atoms with Crippen molar-refractivity contribution in [1.82, 2.24) is 0 Å². The Hall–Kier alpha value is -1.94. The molecule has 0 fully saturated rings. The fourth-order valence-electron chi connectivity index (χ4n) is 1.46. The summed E-state index contributed by atoms with van der Waals surface area (Å²) in [5.74, 6) is -1.15. The zero-order chi connectivity index (χ0) is 13.0. The number of methoxy groups -OCH3 is 1. The summed E-state index contributed by atoms with van der Waals surface area (Å²) in [5.41, 5.74) is 0.0608. The number of hydrogen-bond donors (Lipinski definition) is 1. The van der Waals surface area contributed by atoms with Crippen LogP contribution >= 0.6 is 8.20 Å². The normalized spacial score (nSPS) is 10.2. The van der Waals surface area contributed by atoms with Crippen molar-refractivity contribution in [3.05, 3.63) is 33.4 Å². The van der Waals surface area contributed by atoms with Crippen molar-refractivity contribution < 1.29 is 19.6 Å². The van der Waals surface area contributed by atoms with Crippen LogP contribution in [0.25, 0.3) is 0 Å². The van der Waals surface area contributed by atoms with E-state index in [-0.39, 0.29) is 23.2 Å². The number of carboxylic acids is 1. The molecule has 0 aliphatic rings. The van der Waals surface area contributed by atoms with E-state index in [4.69, 9.17) is 9.84 Å². The number of carboxylic acid groups (broad SMARTS) is 1. The van der Waals surface area contributed by atoms with Crippen LogP contribution in [0.15, 0.2) is 12.1 Å². The van der Waals surface area contributed by atoms with Crippen LogP contribution in [0.3, 0.4) is 0 Å². The predicted molar refractivity (Wildman–Crippen MR) is 64.4 cm³/mol. The van der Waals surface area contributed by atoms with Gasteiger partial charge in [0.1, 0.15) is 0 Å². The molecule has 7 heteroatoms. The first-order valence-electron chi connectivity index (χ1n) is 4.53. The van der Waals surface area contributed by atoms with Gasteiger partial charge in [0.15, 0.2) is 0 Å². The van der Waals surface area contributed by atoms with Gasteiger partial charge < -0.3 is 9.84 Å². The van der Waals surface area contributed by atoms with E-state index in [0.717, 1.165) is 6.07 Å². The average molecular weight is 255 g/mol. The van der Waals surface area contributed by atoms with Gasteiger partial charge in [-0.15, -0.1) is 8.20 Å². The molecule has 0 aromatic heterocycles. The molecule has 6 nitrogen and oxygen atoms in total. The van der Waals surface area contributed by atoms with Crippen LogP contribution in [0.5, 0.6) is 5.75 Å². The van der Waals surface area contributed by atoms with Crippen LogP contribution < -0.4 is 4.74 Å². The Morgan fingerprint density at radius 2 is 2.29 bits per heavy atom. The minimum atomic E-state index is -1.14. The van der Waals surface area contributed by atoms with Gasteiger partial charge in [-0.2, -0.15) is 0 Å². The number of rotatable bonds is 5. The molecule has 0 heterocycles. The molecule has 0 atom stereocenters. The van der Waals surface area contributed by atoms with Crippen LogP contribution in [0.1, 0.15) is 15.9 Å². The summed E-state index contributed by atoms with van der Waals surface area (Å²) in [4.78, 5) is 21.2. The Balaban J connectivity index is 3.54. The molecule has 0 spiro atoms. The zero-order valence-electron chi connectivity index (χ0n) is 9.04. The monoisotopic (exact) mass is 255 g/mol. The van der Waals surface area contributed by atoms with Crippen LogP contribution in [0, 0.1) is 10.1 Å². The molecular weight excluding hydrogens is 245 g/mol. The number of aromatic carboxylic acids is 1. The van der Waals surface area contributed by atoms with Crippen molar-refractivity contribution in [3.8, 4) is 5.75 Å². The zero-order valence-corrected chi connectivity index (χ0v) is 9.94. The first-order chi connectivity index (χ1) is 8.02. The Morgan fingerprint density at radius 3 is 2.71 bits per heavy atom. The van der Waals surface area contributed by atoms with Crippen molar-refractivity contribution in [2.45, 2.75) is 6.16 Å². The summed E-state index contributed by atoms with van der Waals surface area (Å²) in [6.45, 7) is 0. The SMILES string of the molecule is C=PCc1c(C(=O)O)ccc([N+](=O)[O-])c1OC. The first kappa shape index (κ1) is 13.1. The third-order valence-electron chi connectivity index (χ3n) is 2.14. The number of nitro benzene ring substituents is 1. The van der Waals surface area contributed by atoms with E-state index in [1.54, 1.807) is 0 Å². The van der Waals surface area contributed by atoms with Crippen LogP contribution in [0.4, 0.5) is 5.69 Å². The molecule has 1 N–H and O–H groups in total. The lowest BCUT2D eigenvalue weighted by Gasteiger charge is -2.09. The fourth-order valence-corrected chi connectivity index (χ4v) is 1.99. The van der Waals surface area contributed by atoms with Crippen LogP contribution in [-0.4, -0.2) is 29.4 Å². The minimum Gasteiger partial charge on any atom is -0.490 e. The van der Waals surface area contributed by atoms with E-state index in [9.17, 15) is 14.9 Å². The Bertz CT molecular complexity index is 486. The van der Waals surface area contributed by atoms with E-state index in [0.29, 0.717) is 13.8 Å². The molecule has 0 unspecified atom stereocenters. The highest BCUT2D eigenvalue weighted by Crippen LogP contribution is 2.35. The number of hydrogen-bond acceptors (Lipinski definition) is 4. The summed E-state index contributed by atoms with van der Waals surface area (Å²) < 4.78 is 4.94. The number of benzene rings is 1. The van der Waals surface area contributed by atoms with E-state index in [2.05, 4.69) is 6.30 Å². The third-order valence-corrected chi connectivity index (χ3v) is 2.68. The summed E-state index contributed by atoms with van der Waals surface area (Å²) in [7, 11) is 1.93. The van der Waals surface area contributed by atoms with E-state index < -0.39 is 10.9 Å².